The maximum Gasteiger partial charge on any atom is 0.253 e. The third-order valence-corrected chi connectivity index (χ3v) is 12.1. The quantitative estimate of drug-likeness (QED) is 0.212. The maximum absolute atomic E-state index is 13.7. The topological polar surface area (TPSA) is 159 Å². The number of hydrogen-bond acceptors (Lipinski definition) is 9. The monoisotopic (exact) mass is 775 g/mol. The van der Waals surface area contributed by atoms with Crippen LogP contribution in [-0.4, -0.2) is 97.4 Å². The summed E-state index contributed by atoms with van der Waals surface area (Å²) in [6.07, 6.45) is 6.55. The number of amides is 4. The van der Waals surface area contributed by atoms with Crippen molar-refractivity contribution >= 4 is 52.1 Å². The van der Waals surface area contributed by atoms with Crippen molar-refractivity contribution in [2.24, 2.45) is 18.4 Å². The average Bonchev–Trinajstić information content (AvgIpc) is 3.92. The van der Waals surface area contributed by atoms with Crippen molar-refractivity contribution < 1.29 is 23.9 Å². The molecule has 0 aliphatic carbocycles. The molecule has 56 heavy (non-hydrogen) atoms. The molecule has 4 fully saturated rings. The number of fused-ring (bicyclic) bond motifs is 1. The summed E-state index contributed by atoms with van der Waals surface area (Å²) in [6, 6.07) is 15.1. The molecule has 14 nitrogen and oxygen atoms in total. The van der Waals surface area contributed by atoms with E-state index in [0.29, 0.717) is 77.8 Å². The molecule has 1 atom stereocenters. The van der Waals surface area contributed by atoms with Crippen molar-refractivity contribution in [2.75, 3.05) is 44.2 Å². The van der Waals surface area contributed by atoms with E-state index in [1.54, 1.807) is 28.9 Å². The molecule has 288 valence electrons. The number of piperidine rings is 2. The summed E-state index contributed by atoms with van der Waals surface area (Å²) in [7, 11) is 1.85. The van der Waals surface area contributed by atoms with E-state index < -0.39 is 0 Å². The Morgan fingerprint density at radius 3 is 2.39 bits per heavy atom. The molecule has 4 aliphatic heterocycles. The van der Waals surface area contributed by atoms with Gasteiger partial charge in [0, 0.05) is 81.5 Å². The number of pyridine rings is 1. The van der Waals surface area contributed by atoms with E-state index in [0.717, 1.165) is 55.1 Å². The highest BCUT2D eigenvalue weighted by atomic mass is 35.5. The fraction of sp³-hybridized carbons (Fsp3) is 0.390. The number of aromatic amines is 1. The molecule has 4 amide bonds. The fourth-order valence-corrected chi connectivity index (χ4v) is 8.96. The van der Waals surface area contributed by atoms with Gasteiger partial charge in [-0.05, 0) is 74.6 Å². The van der Waals surface area contributed by atoms with Gasteiger partial charge >= 0.3 is 0 Å². The van der Waals surface area contributed by atoms with E-state index in [1.165, 1.54) is 6.20 Å². The average molecular weight is 776 g/mol. The molecule has 5 aromatic rings. The van der Waals surface area contributed by atoms with Gasteiger partial charge in [-0.2, -0.15) is 5.10 Å². The van der Waals surface area contributed by atoms with Crippen LogP contribution in [0.25, 0.3) is 22.6 Å². The van der Waals surface area contributed by atoms with Crippen LogP contribution in [0.15, 0.2) is 60.9 Å². The predicted molar refractivity (Wildman–Crippen MR) is 208 cm³/mol. The van der Waals surface area contributed by atoms with Gasteiger partial charge in [0.05, 0.1) is 23.4 Å². The van der Waals surface area contributed by atoms with Crippen LogP contribution in [0.3, 0.4) is 0 Å². The lowest BCUT2D eigenvalue weighted by Gasteiger charge is -2.49. The van der Waals surface area contributed by atoms with Gasteiger partial charge in [0.2, 0.25) is 17.7 Å². The molecule has 15 heteroatoms. The molecule has 2 aromatic carbocycles. The molecule has 7 heterocycles. The first-order valence-corrected chi connectivity index (χ1v) is 19.5. The van der Waals surface area contributed by atoms with E-state index >= 15 is 0 Å². The number of carbonyl (C=O) groups is 4. The lowest BCUT2D eigenvalue weighted by Crippen LogP contribution is -2.58. The van der Waals surface area contributed by atoms with Gasteiger partial charge in [-0.1, -0.05) is 23.7 Å². The number of imidazole rings is 1. The van der Waals surface area contributed by atoms with E-state index in [2.05, 4.69) is 42.4 Å². The number of imide groups is 1. The molecule has 9 rings (SSSR count). The number of nitrogens with zero attached hydrogens (tertiary/aromatic N) is 7. The second-order valence-corrected chi connectivity index (χ2v) is 16.1. The molecule has 4 saturated heterocycles. The van der Waals surface area contributed by atoms with Crippen LogP contribution >= 0.6 is 11.6 Å². The van der Waals surface area contributed by atoms with Crippen LogP contribution < -0.4 is 15.0 Å². The highest BCUT2D eigenvalue weighted by Crippen LogP contribution is 2.43. The van der Waals surface area contributed by atoms with Crippen LogP contribution in [0.4, 0.5) is 5.69 Å². The van der Waals surface area contributed by atoms with Crippen LogP contribution in [0.2, 0.25) is 5.02 Å². The Morgan fingerprint density at radius 2 is 1.70 bits per heavy atom. The number of ether oxygens (including phenoxy) is 1. The van der Waals surface area contributed by atoms with Crippen molar-refractivity contribution in [1.29, 1.82) is 0 Å². The first-order chi connectivity index (χ1) is 27.0. The Kier molecular flexibility index (Phi) is 9.02. The summed E-state index contributed by atoms with van der Waals surface area (Å²) < 4.78 is 7.93. The van der Waals surface area contributed by atoms with Gasteiger partial charge in [0.15, 0.2) is 11.4 Å². The summed E-state index contributed by atoms with van der Waals surface area (Å²) in [6.45, 7) is 6.26. The summed E-state index contributed by atoms with van der Waals surface area (Å²) in [4.78, 5) is 69.5. The van der Waals surface area contributed by atoms with Crippen LogP contribution in [0.1, 0.15) is 59.6 Å². The minimum atomic E-state index is -0.289. The van der Waals surface area contributed by atoms with Gasteiger partial charge in [-0.25, -0.2) is 9.97 Å². The number of aromatic nitrogens is 5. The Balaban J connectivity index is 0.763. The number of carbonyl (C=O) groups excluding carboxylic acids is 4. The summed E-state index contributed by atoms with van der Waals surface area (Å²) >= 11 is 6.53. The molecule has 0 bridgehead atoms. The zero-order valence-corrected chi connectivity index (χ0v) is 32.0. The molecule has 4 aliphatic rings. The zero-order valence-electron chi connectivity index (χ0n) is 31.3. The number of hydrogen-bond donors (Lipinski definition) is 2. The number of aryl methyl sites for hydroxylation is 2. The molecular weight excluding hydrogens is 734 g/mol. The van der Waals surface area contributed by atoms with Crippen molar-refractivity contribution in [3.8, 4) is 22.9 Å². The van der Waals surface area contributed by atoms with E-state index in [4.69, 9.17) is 16.3 Å². The second kappa shape index (κ2) is 14.1. The summed E-state index contributed by atoms with van der Waals surface area (Å²) in [5.41, 5.74) is 5.38. The Hall–Kier alpha value is -5.76. The molecule has 1 spiro atoms. The lowest BCUT2D eigenvalue weighted by atomic mass is 9.78. The molecule has 2 N–H and O–H groups in total. The van der Waals surface area contributed by atoms with Gasteiger partial charge in [0.25, 0.3) is 5.91 Å². The summed E-state index contributed by atoms with van der Waals surface area (Å²) in [5, 5.41) is 7.16. The van der Waals surface area contributed by atoms with Crippen LogP contribution in [0, 0.1) is 18.3 Å². The van der Waals surface area contributed by atoms with Gasteiger partial charge in [-0.3, -0.25) is 29.2 Å². The molecule has 0 radical (unpaired) electrons. The number of H-pyrrole nitrogens is 1. The normalized spacial score (nSPS) is 19.8. The molecular formula is C41H42ClN9O5. The molecule has 0 saturated carbocycles. The van der Waals surface area contributed by atoms with E-state index in [-0.39, 0.29) is 40.9 Å². The largest absolute Gasteiger partial charge is 0.453 e. The van der Waals surface area contributed by atoms with Crippen LogP contribution in [0.5, 0.6) is 11.5 Å². The van der Waals surface area contributed by atoms with Crippen molar-refractivity contribution in [1.82, 2.24) is 39.8 Å². The van der Waals surface area contributed by atoms with Crippen molar-refractivity contribution in [3.63, 3.8) is 0 Å². The number of anilines is 1. The van der Waals surface area contributed by atoms with Gasteiger partial charge in [0.1, 0.15) is 22.1 Å². The smallest absolute Gasteiger partial charge is 0.253 e. The van der Waals surface area contributed by atoms with Gasteiger partial charge in [-0.15, -0.1) is 0 Å². The van der Waals surface area contributed by atoms with E-state index in [1.807, 2.05) is 42.1 Å². The number of halogens is 1. The maximum atomic E-state index is 13.7. The minimum Gasteiger partial charge on any atom is -0.453 e. The lowest BCUT2D eigenvalue weighted by molar-refractivity contribution is -0.136. The highest BCUT2D eigenvalue weighted by Gasteiger charge is 2.49. The minimum absolute atomic E-state index is 0.0725. The molecule has 0 unspecified atom stereocenters. The predicted octanol–water partition coefficient (Wildman–Crippen LogP) is 5.22. The number of rotatable bonds is 7. The van der Waals surface area contributed by atoms with Crippen LogP contribution in [-0.2, 0) is 21.4 Å². The standard InChI is InChI=1S/C41H42ClN9O5/c1-24-31(20-48(2)47-24)36-45-34-35(32(42)19-43-37(34)46-36)56-29-9-5-26(6-10-29)39(54)49-16-13-27(14-17-49)40(55)50-18-15-41(21-50)22-51(23-41)28-7-3-25(4-8-28)30-11-12-33(52)44-38(30)53/h3-10,19-20,27,30H,11-18,21-23H2,1-2H3,(H,43,45,46)(H,44,52,53)/t30-/m0/s1. The van der Waals surface area contributed by atoms with Crippen molar-refractivity contribution in [3.05, 3.63) is 82.8 Å². The number of benzene rings is 2. The first-order valence-electron chi connectivity index (χ1n) is 19.1. The SMILES string of the molecule is Cc1nn(C)cc1-c1nc2ncc(Cl)c(Oc3ccc(C(=O)N4CCC(C(=O)N5CCC6(C5)CN(c5ccc([C@@H]7CCC(=O)NC7=O)cc5)C6)CC4)cc3)c2[nH]1. The third kappa shape index (κ3) is 6.65. The number of likely N-dealkylation sites (tertiary alicyclic amines) is 2. The number of nitrogens with one attached hydrogen (secondary N) is 2. The fourth-order valence-electron chi connectivity index (χ4n) is 8.78. The van der Waals surface area contributed by atoms with Gasteiger partial charge < -0.3 is 24.4 Å². The highest BCUT2D eigenvalue weighted by molar-refractivity contribution is 6.32. The Morgan fingerprint density at radius 1 is 0.946 bits per heavy atom. The molecule has 3 aromatic heterocycles. The van der Waals surface area contributed by atoms with E-state index in [9.17, 15) is 19.2 Å². The third-order valence-electron chi connectivity index (χ3n) is 11.9. The Bertz CT molecular complexity index is 2360. The van der Waals surface area contributed by atoms with Crippen molar-refractivity contribution in [2.45, 2.75) is 44.9 Å². The summed E-state index contributed by atoms with van der Waals surface area (Å²) in [5.74, 6) is 0.828. The zero-order chi connectivity index (χ0) is 38.7. The second-order valence-electron chi connectivity index (χ2n) is 15.7. The Labute approximate surface area is 328 Å². The first kappa shape index (κ1) is 35.9.